The maximum atomic E-state index is 14.6. The van der Waals surface area contributed by atoms with Crippen LogP contribution in [0, 0.1) is 11.2 Å². The number of esters is 2. The lowest BCUT2D eigenvalue weighted by Gasteiger charge is -2.25. The molecule has 0 N–H and O–H groups in total. The van der Waals surface area contributed by atoms with Gasteiger partial charge in [-0.05, 0) is 87.4 Å². The molecule has 0 bridgehead atoms. The van der Waals surface area contributed by atoms with E-state index in [2.05, 4.69) is 18.4 Å². The molecule has 1 fully saturated rings. The number of carbonyl (C=O) groups excluding carboxylic acids is 2. The number of ether oxygens (including phenoxy) is 2. The monoisotopic (exact) mass is 505 g/mol. The third-order valence-corrected chi connectivity index (χ3v) is 8.03. The second kappa shape index (κ2) is 9.00. The number of hydrogen-bond donors (Lipinski definition) is 0. The first kappa shape index (κ1) is 25.5. The van der Waals surface area contributed by atoms with Crippen LogP contribution in [0.4, 0.5) is 4.39 Å². The summed E-state index contributed by atoms with van der Waals surface area (Å²) in [5.41, 5.74) is 4.03. The molecule has 6 heteroatoms. The highest BCUT2D eigenvalue weighted by Crippen LogP contribution is 2.65. The third kappa shape index (κ3) is 4.14. The van der Waals surface area contributed by atoms with Crippen LogP contribution in [0.25, 0.3) is 22.2 Å². The molecule has 2 aliphatic rings. The SMILES string of the molecule is CCCC(CC)c1c2n(c3cc(C(=O)OC)ccc13)CC1(C(=O)OC(C)(C)C)CC1c1cc(F)ccc1-2. The molecule has 1 aliphatic carbocycles. The number of nitrogens with zero attached hydrogens (tertiary/aromatic N) is 1. The molecule has 3 atom stereocenters. The van der Waals surface area contributed by atoms with Gasteiger partial charge in [0.2, 0.25) is 0 Å². The zero-order chi connectivity index (χ0) is 26.7. The highest BCUT2D eigenvalue weighted by Gasteiger charge is 2.64. The van der Waals surface area contributed by atoms with Crippen molar-refractivity contribution in [3.05, 3.63) is 58.9 Å². The van der Waals surface area contributed by atoms with Crippen molar-refractivity contribution in [2.75, 3.05) is 7.11 Å². The summed E-state index contributed by atoms with van der Waals surface area (Å²) < 4.78 is 27.8. The van der Waals surface area contributed by atoms with Crippen molar-refractivity contribution in [3.8, 4) is 11.3 Å². The van der Waals surface area contributed by atoms with Crippen molar-refractivity contribution in [2.24, 2.45) is 5.41 Å². The highest BCUT2D eigenvalue weighted by atomic mass is 19.1. The van der Waals surface area contributed by atoms with Gasteiger partial charge in [0, 0.05) is 28.9 Å². The molecule has 0 amide bonds. The Morgan fingerprint density at radius 1 is 1.16 bits per heavy atom. The Balaban J connectivity index is 1.83. The molecule has 5 rings (SSSR count). The molecule has 3 aromatic rings. The molecule has 37 heavy (non-hydrogen) atoms. The van der Waals surface area contributed by atoms with Crippen LogP contribution in [0.1, 0.15) is 93.6 Å². The van der Waals surface area contributed by atoms with E-state index in [1.165, 1.54) is 18.7 Å². The fourth-order valence-electron chi connectivity index (χ4n) is 6.27. The fourth-order valence-corrected chi connectivity index (χ4v) is 6.27. The summed E-state index contributed by atoms with van der Waals surface area (Å²) in [4.78, 5) is 26.2. The van der Waals surface area contributed by atoms with E-state index in [0.29, 0.717) is 18.5 Å². The van der Waals surface area contributed by atoms with Gasteiger partial charge >= 0.3 is 11.9 Å². The largest absolute Gasteiger partial charge is 0.465 e. The number of methoxy groups -OCH3 is 1. The number of hydrogen-bond acceptors (Lipinski definition) is 4. The summed E-state index contributed by atoms with van der Waals surface area (Å²) in [6.07, 6.45) is 3.61. The van der Waals surface area contributed by atoms with Crippen LogP contribution in [0.15, 0.2) is 36.4 Å². The van der Waals surface area contributed by atoms with Crippen LogP contribution < -0.4 is 0 Å². The van der Waals surface area contributed by atoms with Gasteiger partial charge in [0.05, 0.1) is 23.8 Å². The molecule has 1 saturated carbocycles. The van der Waals surface area contributed by atoms with E-state index in [1.807, 2.05) is 45.0 Å². The molecule has 0 radical (unpaired) electrons. The Bertz CT molecular complexity index is 1400. The quantitative estimate of drug-likeness (QED) is 0.329. The molecule has 2 heterocycles. The lowest BCUT2D eigenvalue weighted by molar-refractivity contribution is -0.162. The molecule has 196 valence electrons. The van der Waals surface area contributed by atoms with Crippen LogP contribution in [0.5, 0.6) is 0 Å². The number of rotatable bonds is 6. The Morgan fingerprint density at radius 3 is 2.57 bits per heavy atom. The minimum atomic E-state index is -0.780. The first-order chi connectivity index (χ1) is 17.5. The topological polar surface area (TPSA) is 57.5 Å². The van der Waals surface area contributed by atoms with Crippen LogP contribution in [0.2, 0.25) is 0 Å². The maximum absolute atomic E-state index is 14.6. The number of carbonyl (C=O) groups is 2. The number of benzene rings is 2. The summed E-state index contributed by atoms with van der Waals surface area (Å²) in [6, 6.07) is 10.7. The number of fused-ring (bicyclic) bond motifs is 7. The first-order valence-corrected chi connectivity index (χ1v) is 13.3. The zero-order valence-electron chi connectivity index (χ0n) is 22.6. The Labute approximate surface area is 217 Å². The number of halogens is 1. The van der Waals surface area contributed by atoms with Crippen molar-refractivity contribution in [1.29, 1.82) is 0 Å². The molecular weight excluding hydrogens is 469 g/mol. The average Bonchev–Trinajstić information content (AvgIpc) is 3.52. The van der Waals surface area contributed by atoms with Crippen LogP contribution in [-0.4, -0.2) is 29.2 Å². The van der Waals surface area contributed by atoms with Gasteiger partial charge in [0.15, 0.2) is 0 Å². The van der Waals surface area contributed by atoms with E-state index in [-0.39, 0.29) is 23.6 Å². The third-order valence-electron chi connectivity index (χ3n) is 8.03. The van der Waals surface area contributed by atoms with Gasteiger partial charge < -0.3 is 14.0 Å². The molecule has 1 aromatic heterocycles. The van der Waals surface area contributed by atoms with Crippen molar-refractivity contribution >= 4 is 22.8 Å². The Morgan fingerprint density at radius 2 is 1.92 bits per heavy atom. The maximum Gasteiger partial charge on any atom is 0.337 e. The average molecular weight is 506 g/mol. The van der Waals surface area contributed by atoms with Crippen LogP contribution in [-0.2, 0) is 20.8 Å². The second-order valence-corrected chi connectivity index (χ2v) is 11.6. The number of aromatic nitrogens is 1. The van der Waals surface area contributed by atoms with Gasteiger partial charge in [0.1, 0.15) is 11.4 Å². The van der Waals surface area contributed by atoms with E-state index >= 15 is 0 Å². The van der Waals surface area contributed by atoms with Gasteiger partial charge in [-0.1, -0.05) is 26.3 Å². The molecule has 1 aliphatic heterocycles. The summed E-state index contributed by atoms with van der Waals surface area (Å²) in [5.74, 6) is -0.783. The van der Waals surface area contributed by atoms with Gasteiger partial charge in [-0.15, -0.1) is 0 Å². The lowest BCUT2D eigenvalue weighted by atomic mass is 9.86. The van der Waals surface area contributed by atoms with Crippen molar-refractivity contribution in [1.82, 2.24) is 4.57 Å². The van der Waals surface area contributed by atoms with E-state index in [4.69, 9.17) is 9.47 Å². The van der Waals surface area contributed by atoms with Crippen molar-refractivity contribution < 1.29 is 23.5 Å². The first-order valence-electron chi connectivity index (χ1n) is 13.3. The summed E-state index contributed by atoms with van der Waals surface area (Å²) >= 11 is 0. The minimum Gasteiger partial charge on any atom is -0.465 e. The molecule has 5 nitrogen and oxygen atoms in total. The highest BCUT2D eigenvalue weighted by molar-refractivity contribution is 6.00. The summed E-state index contributed by atoms with van der Waals surface area (Å²) in [6.45, 7) is 10.4. The van der Waals surface area contributed by atoms with Crippen LogP contribution >= 0.6 is 0 Å². The van der Waals surface area contributed by atoms with E-state index in [0.717, 1.165) is 47.0 Å². The van der Waals surface area contributed by atoms with Gasteiger partial charge in [-0.25, -0.2) is 9.18 Å². The van der Waals surface area contributed by atoms with Gasteiger partial charge in [-0.3, -0.25) is 4.79 Å². The molecule has 0 spiro atoms. The Hall–Kier alpha value is -3.15. The minimum absolute atomic E-state index is 0.120. The van der Waals surface area contributed by atoms with Crippen LogP contribution in [0.3, 0.4) is 0 Å². The summed E-state index contributed by atoms with van der Waals surface area (Å²) in [5, 5.41) is 1.07. The lowest BCUT2D eigenvalue weighted by Crippen LogP contribution is -2.32. The Kier molecular flexibility index (Phi) is 6.20. The van der Waals surface area contributed by atoms with E-state index in [1.54, 1.807) is 6.07 Å². The normalized spacial score (nSPS) is 20.9. The molecule has 0 saturated heterocycles. The fraction of sp³-hybridized carbons (Fsp3) is 0.484. The smallest absolute Gasteiger partial charge is 0.337 e. The zero-order valence-corrected chi connectivity index (χ0v) is 22.6. The molecular formula is C31H36FNO4. The van der Waals surface area contributed by atoms with Crippen molar-refractivity contribution in [2.45, 2.75) is 84.3 Å². The van der Waals surface area contributed by atoms with Gasteiger partial charge in [0.25, 0.3) is 0 Å². The van der Waals surface area contributed by atoms with E-state index in [9.17, 15) is 14.0 Å². The molecule has 3 unspecified atom stereocenters. The molecule has 2 aromatic carbocycles. The van der Waals surface area contributed by atoms with Gasteiger partial charge in [-0.2, -0.15) is 0 Å². The summed E-state index contributed by atoms with van der Waals surface area (Å²) in [7, 11) is 1.38. The predicted octanol–water partition coefficient (Wildman–Crippen LogP) is 7.36. The second-order valence-electron chi connectivity index (χ2n) is 11.6. The predicted molar refractivity (Wildman–Crippen MR) is 142 cm³/mol. The standard InChI is InChI=1S/C31H36FNO4/c1-7-9-18(8-2)26-22-12-10-19(28(34)36-6)14-25(22)33-17-31(29(35)37-30(3,4)5)16-24(31)23-15-20(32)11-13-21(23)27(26)33/h10-15,18,24H,7-9,16-17H2,1-6H3. The van der Waals surface area contributed by atoms with Crippen molar-refractivity contribution in [3.63, 3.8) is 0 Å². The van der Waals surface area contributed by atoms with E-state index < -0.39 is 17.0 Å².